The largest absolute Gasteiger partial charge is 0.493 e. The molecule has 1 fully saturated rings. The summed E-state index contributed by atoms with van der Waals surface area (Å²) in [7, 11) is 1.37. The molecule has 35 heavy (non-hydrogen) atoms. The van der Waals surface area contributed by atoms with Crippen molar-refractivity contribution in [1.82, 2.24) is 20.1 Å². The molecule has 13 heteroatoms. The van der Waals surface area contributed by atoms with Crippen molar-refractivity contribution in [2.45, 2.75) is 6.61 Å². The number of hydrogen-bond donors (Lipinski definition) is 2. The van der Waals surface area contributed by atoms with Gasteiger partial charge in [0.1, 0.15) is 23.8 Å². The molecule has 2 heterocycles. The van der Waals surface area contributed by atoms with Crippen molar-refractivity contribution in [2.75, 3.05) is 19.0 Å². The summed E-state index contributed by atoms with van der Waals surface area (Å²) in [5.74, 6) is -1.21. The van der Waals surface area contributed by atoms with Gasteiger partial charge in [0.2, 0.25) is 5.91 Å². The standard InChI is InChI=1S/C22H17ClFN5O4S2/c1-32-16-7-12(6-15(24)20(16)33-10-18-25-11-26-28-18)8-17-21(31)29(22(34)35-17)9-19(30)27-14-4-2-13(23)3-5-14/h2-8,11H,9-10H2,1H3,(H,27,30)(H,25,26,28)/b17-8-. The summed E-state index contributed by atoms with van der Waals surface area (Å²) in [4.78, 5) is 30.6. The van der Waals surface area contributed by atoms with Crippen molar-refractivity contribution in [3.05, 3.63) is 69.9 Å². The summed E-state index contributed by atoms with van der Waals surface area (Å²) in [5.41, 5.74) is 0.893. The number of nitrogens with one attached hydrogen (secondary N) is 2. The number of ether oxygens (including phenoxy) is 2. The zero-order chi connectivity index (χ0) is 24.9. The summed E-state index contributed by atoms with van der Waals surface area (Å²) in [5, 5.41) is 9.61. The number of halogens is 2. The van der Waals surface area contributed by atoms with Crippen LogP contribution in [0.25, 0.3) is 6.08 Å². The maximum atomic E-state index is 14.8. The number of hydrogen-bond acceptors (Lipinski definition) is 8. The predicted octanol–water partition coefficient (Wildman–Crippen LogP) is 4.02. The number of carbonyl (C=O) groups is 2. The Labute approximate surface area is 213 Å². The number of rotatable bonds is 8. The van der Waals surface area contributed by atoms with Gasteiger partial charge < -0.3 is 14.8 Å². The van der Waals surface area contributed by atoms with E-state index < -0.39 is 17.6 Å². The number of thioether (sulfide) groups is 1. The molecule has 1 aromatic heterocycles. The molecule has 0 saturated carbocycles. The number of benzene rings is 2. The molecule has 3 aromatic rings. The lowest BCUT2D eigenvalue weighted by atomic mass is 10.1. The Morgan fingerprint density at radius 1 is 1.34 bits per heavy atom. The van der Waals surface area contributed by atoms with E-state index in [1.165, 1.54) is 36.5 Å². The monoisotopic (exact) mass is 533 g/mol. The van der Waals surface area contributed by atoms with Crippen LogP contribution in [0.4, 0.5) is 10.1 Å². The lowest BCUT2D eigenvalue weighted by molar-refractivity contribution is -0.126. The van der Waals surface area contributed by atoms with Gasteiger partial charge in [-0.05, 0) is 48.0 Å². The van der Waals surface area contributed by atoms with Crippen LogP contribution in [-0.4, -0.2) is 49.9 Å². The predicted molar refractivity (Wildman–Crippen MR) is 134 cm³/mol. The van der Waals surface area contributed by atoms with E-state index >= 15 is 0 Å². The van der Waals surface area contributed by atoms with E-state index in [-0.39, 0.29) is 33.9 Å². The second-order valence-electron chi connectivity index (χ2n) is 7.06. The van der Waals surface area contributed by atoms with Crippen molar-refractivity contribution in [2.24, 2.45) is 0 Å². The highest BCUT2D eigenvalue weighted by atomic mass is 35.5. The zero-order valence-electron chi connectivity index (χ0n) is 18.1. The van der Waals surface area contributed by atoms with Gasteiger partial charge in [0.05, 0.1) is 12.0 Å². The van der Waals surface area contributed by atoms with Crippen molar-refractivity contribution >= 4 is 63.5 Å². The van der Waals surface area contributed by atoms with Crippen LogP contribution in [0.3, 0.4) is 0 Å². The molecular weight excluding hydrogens is 517 g/mol. The van der Waals surface area contributed by atoms with Crippen molar-refractivity contribution in [1.29, 1.82) is 0 Å². The first-order valence-electron chi connectivity index (χ1n) is 10.00. The number of aromatic amines is 1. The Hall–Kier alpha value is -3.48. The quantitative estimate of drug-likeness (QED) is 0.330. The summed E-state index contributed by atoms with van der Waals surface area (Å²) in [6.07, 6.45) is 2.86. The lowest BCUT2D eigenvalue weighted by Gasteiger charge is -2.14. The fourth-order valence-corrected chi connectivity index (χ4v) is 4.45. The molecule has 1 aliphatic heterocycles. The van der Waals surface area contributed by atoms with Crippen LogP contribution in [0, 0.1) is 5.82 Å². The fraction of sp³-hybridized carbons (Fsp3) is 0.136. The SMILES string of the molecule is COc1cc(/C=C2\SC(=S)N(CC(=O)Nc3ccc(Cl)cc3)C2=O)cc(F)c1OCc1nc[nH]n1. The van der Waals surface area contributed by atoms with Gasteiger partial charge in [0.25, 0.3) is 5.91 Å². The number of aromatic nitrogens is 3. The first-order chi connectivity index (χ1) is 16.8. The third-order valence-corrected chi connectivity index (χ3v) is 6.29. The molecular formula is C22H17ClFN5O4S2. The number of anilines is 1. The van der Waals surface area contributed by atoms with Crippen LogP contribution in [-0.2, 0) is 16.2 Å². The minimum absolute atomic E-state index is 0.0626. The first-order valence-corrected chi connectivity index (χ1v) is 11.6. The summed E-state index contributed by atoms with van der Waals surface area (Å²) in [6, 6.07) is 9.29. The van der Waals surface area contributed by atoms with Gasteiger partial charge in [-0.25, -0.2) is 9.37 Å². The second kappa shape index (κ2) is 10.8. The summed E-state index contributed by atoms with van der Waals surface area (Å²) >= 11 is 12.1. The van der Waals surface area contributed by atoms with Gasteiger partial charge in [0.15, 0.2) is 23.1 Å². The highest BCUT2D eigenvalue weighted by Gasteiger charge is 2.33. The number of amides is 2. The second-order valence-corrected chi connectivity index (χ2v) is 9.17. The summed E-state index contributed by atoms with van der Waals surface area (Å²) < 4.78 is 25.7. The van der Waals surface area contributed by atoms with Gasteiger partial charge in [-0.2, -0.15) is 5.10 Å². The van der Waals surface area contributed by atoms with E-state index in [4.69, 9.17) is 33.3 Å². The minimum atomic E-state index is -0.691. The number of methoxy groups -OCH3 is 1. The van der Waals surface area contributed by atoms with Crippen LogP contribution in [0.2, 0.25) is 5.02 Å². The summed E-state index contributed by atoms with van der Waals surface area (Å²) in [6.45, 7) is -0.330. The van der Waals surface area contributed by atoms with E-state index in [1.807, 2.05) is 0 Å². The molecule has 1 saturated heterocycles. The highest BCUT2D eigenvalue weighted by molar-refractivity contribution is 8.26. The topological polar surface area (TPSA) is 109 Å². The Bertz CT molecular complexity index is 1300. The Morgan fingerprint density at radius 3 is 2.80 bits per heavy atom. The number of nitrogens with zero attached hydrogens (tertiary/aromatic N) is 3. The maximum absolute atomic E-state index is 14.8. The first kappa shape index (κ1) is 24.6. The van der Waals surface area contributed by atoms with Crippen molar-refractivity contribution in [3.8, 4) is 11.5 Å². The molecule has 1 aliphatic rings. The molecule has 0 unspecified atom stereocenters. The number of thiocarbonyl (C=S) groups is 1. The van der Waals surface area contributed by atoms with Gasteiger partial charge in [0, 0.05) is 10.7 Å². The van der Waals surface area contributed by atoms with Gasteiger partial charge in [-0.1, -0.05) is 35.6 Å². The van der Waals surface area contributed by atoms with E-state index in [0.717, 1.165) is 11.8 Å². The maximum Gasteiger partial charge on any atom is 0.266 e. The van der Waals surface area contributed by atoms with E-state index in [0.29, 0.717) is 22.1 Å². The molecule has 4 rings (SSSR count). The number of carbonyl (C=O) groups excluding carboxylic acids is 2. The number of H-pyrrole nitrogens is 1. The average molecular weight is 534 g/mol. The fourth-order valence-electron chi connectivity index (χ4n) is 3.07. The third kappa shape index (κ3) is 5.96. The van der Waals surface area contributed by atoms with E-state index in [1.54, 1.807) is 24.3 Å². The van der Waals surface area contributed by atoms with Crippen LogP contribution in [0.1, 0.15) is 11.4 Å². The van der Waals surface area contributed by atoms with Crippen LogP contribution in [0.15, 0.2) is 47.6 Å². The van der Waals surface area contributed by atoms with Crippen LogP contribution < -0.4 is 14.8 Å². The average Bonchev–Trinajstić information content (AvgIpc) is 3.44. The smallest absolute Gasteiger partial charge is 0.266 e. The van der Waals surface area contributed by atoms with Crippen molar-refractivity contribution in [3.63, 3.8) is 0 Å². The highest BCUT2D eigenvalue weighted by Crippen LogP contribution is 2.36. The molecule has 9 nitrogen and oxygen atoms in total. The molecule has 0 spiro atoms. The molecule has 0 aliphatic carbocycles. The zero-order valence-corrected chi connectivity index (χ0v) is 20.5. The normalized spacial score (nSPS) is 14.5. The molecule has 0 atom stereocenters. The van der Waals surface area contributed by atoms with Gasteiger partial charge >= 0.3 is 0 Å². The molecule has 0 radical (unpaired) electrons. The Morgan fingerprint density at radius 2 is 2.11 bits per heavy atom. The molecule has 0 bridgehead atoms. The van der Waals surface area contributed by atoms with Crippen molar-refractivity contribution < 1.29 is 23.5 Å². The molecule has 180 valence electrons. The molecule has 2 amide bonds. The van der Waals surface area contributed by atoms with E-state index in [9.17, 15) is 14.0 Å². The molecule has 2 aromatic carbocycles. The molecule has 2 N–H and O–H groups in total. The lowest BCUT2D eigenvalue weighted by Crippen LogP contribution is -2.36. The van der Waals surface area contributed by atoms with E-state index in [2.05, 4.69) is 20.5 Å². The van der Waals surface area contributed by atoms with Gasteiger partial charge in [-0.3, -0.25) is 19.6 Å². The Balaban J connectivity index is 1.46. The third-order valence-electron chi connectivity index (χ3n) is 4.66. The minimum Gasteiger partial charge on any atom is -0.493 e. The van der Waals surface area contributed by atoms with Gasteiger partial charge in [-0.15, -0.1) is 0 Å². The van der Waals surface area contributed by atoms with Crippen LogP contribution >= 0.6 is 35.6 Å². The van der Waals surface area contributed by atoms with Crippen LogP contribution in [0.5, 0.6) is 11.5 Å². The Kier molecular flexibility index (Phi) is 7.63.